The lowest BCUT2D eigenvalue weighted by molar-refractivity contribution is 0.0994. The highest BCUT2D eigenvalue weighted by atomic mass is 16.3. The maximum atomic E-state index is 11.8. The van der Waals surface area contributed by atoms with Gasteiger partial charge in [0, 0.05) is 17.4 Å². The standard InChI is InChI=1S/C17H12O2/c18-16-8-7-12-14(16)6-5-11-10-3-1-2-4-13(10)17(19)9-15(11)12/h1-6,9,19H,7-8H2. The minimum absolute atomic E-state index is 0.213. The molecular formula is C17H12O2. The summed E-state index contributed by atoms with van der Waals surface area (Å²) in [6, 6.07) is 13.6. The molecule has 1 N–H and O–H groups in total. The molecule has 0 aliphatic heterocycles. The smallest absolute Gasteiger partial charge is 0.163 e. The van der Waals surface area contributed by atoms with E-state index in [1.165, 1.54) is 0 Å². The lowest BCUT2D eigenvalue weighted by Crippen LogP contribution is -1.91. The normalized spacial score (nSPS) is 14.2. The van der Waals surface area contributed by atoms with Gasteiger partial charge < -0.3 is 5.11 Å². The van der Waals surface area contributed by atoms with E-state index in [1.807, 2.05) is 36.4 Å². The van der Waals surface area contributed by atoms with Gasteiger partial charge in [0.2, 0.25) is 0 Å². The molecule has 0 fully saturated rings. The minimum Gasteiger partial charge on any atom is -0.507 e. The van der Waals surface area contributed by atoms with E-state index in [9.17, 15) is 9.90 Å². The van der Waals surface area contributed by atoms with E-state index in [0.717, 1.165) is 39.1 Å². The highest BCUT2D eigenvalue weighted by Crippen LogP contribution is 2.37. The van der Waals surface area contributed by atoms with Crippen molar-refractivity contribution in [3.63, 3.8) is 0 Å². The molecule has 0 atom stereocenters. The molecule has 0 saturated carbocycles. The zero-order chi connectivity index (χ0) is 13.0. The molecule has 1 aliphatic carbocycles. The van der Waals surface area contributed by atoms with Crippen molar-refractivity contribution < 1.29 is 9.90 Å². The van der Waals surface area contributed by atoms with Crippen molar-refractivity contribution in [2.24, 2.45) is 0 Å². The zero-order valence-electron chi connectivity index (χ0n) is 10.3. The Hall–Kier alpha value is -2.35. The van der Waals surface area contributed by atoms with E-state index < -0.39 is 0 Å². The molecule has 0 aromatic heterocycles. The first-order chi connectivity index (χ1) is 9.25. The number of Topliss-reactive ketones (excluding diaryl/α,β-unsaturated/α-hetero) is 1. The van der Waals surface area contributed by atoms with Crippen LogP contribution in [0.15, 0.2) is 42.5 Å². The molecule has 0 bridgehead atoms. The number of aromatic hydroxyl groups is 1. The Kier molecular flexibility index (Phi) is 1.99. The second kappa shape index (κ2) is 3.58. The molecule has 4 rings (SSSR count). The fraction of sp³-hybridized carbons (Fsp3) is 0.118. The van der Waals surface area contributed by atoms with Gasteiger partial charge in [-0.25, -0.2) is 0 Å². The molecule has 92 valence electrons. The van der Waals surface area contributed by atoms with E-state index in [2.05, 4.69) is 0 Å². The van der Waals surface area contributed by atoms with Crippen molar-refractivity contribution in [3.05, 3.63) is 53.6 Å². The van der Waals surface area contributed by atoms with Crippen LogP contribution in [0.2, 0.25) is 0 Å². The lowest BCUT2D eigenvalue weighted by Gasteiger charge is -2.09. The first kappa shape index (κ1) is 10.6. The first-order valence-corrected chi connectivity index (χ1v) is 6.45. The fourth-order valence-electron chi connectivity index (χ4n) is 3.12. The number of hydrogen-bond donors (Lipinski definition) is 1. The number of phenolic OH excluding ortho intramolecular Hbond substituents is 1. The number of phenols is 1. The van der Waals surface area contributed by atoms with Crippen LogP contribution in [0, 0.1) is 0 Å². The number of hydrogen-bond acceptors (Lipinski definition) is 2. The maximum Gasteiger partial charge on any atom is 0.163 e. The summed E-state index contributed by atoms with van der Waals surface area (Å²) < 4.78 is 0. The Morgan fingerprint density at radius 3 is 2.42 bits per heavy atom. The van der Waals surface area contributed by atoms with Gasteiger partial charge in [0.05, 0.1) is 0 Å². The second-order valence-electron chi connectivity index (χ2n) is 5.05. The van der Waals surface area contributed by atoms with Crippen molar-refractivity contribution >= 4 is 27.3 Å². The molecule has 2 nitrogen and oxygen atoms in total. The Bertz CT molecular complexity index is 847. The van der Waals surface area contributed by atoms with Crippen LogP contribution in [0.5, 0.6) is 5.75 Å². The number of fused-ring (bicyclic) bond motifs is 5. The van der Waals surface area contributed by atoms with Crippen molar-refractivity contribution in [2.75, 3.05) is 0 Å². The molecule has 3 aromatic carbocycles. The summed E-state index contributed by atoms with van der Waals surface area (Å²) in [4.78, 5) is 11.8. The van der Waals surface area contributed by atoms with Gasteiger partial charge in [-0.15, -0.1) is 0 Å². The molecular weight excluding hydrogens is 236 g/mol. The summed E-state index contributed by atoms with van der Waals surface area (Å²) in [7, 11) is 0. The van der Waals surface area contributed by atoms with Gasteiger partial charge in [0.25, 0.3) is 0 Å². The molecule has 1 aliphatic rings. The van der Waals surface area contributed by atoms with Gasteiger partial charge in [0.15, 0.2) is 5.78 Å². The first-order valence-electron chi connectivity index (χ1n) is 6.45. The average molecular weight is 248 g/mol. The quantitative estimate of drug-likeness (QED) is 0.614. The summed E-state index contributed by atoms with van der Waals surface area (Å²) in [6.45, 7) is 0. The van der Waals surface area contributed by atoms with Gasteiger partial charge in [-0.05, 0) is 34.2 Å². The summed E-state index contributed by atoms with van der Waals surface area (Å²) in [5.41, 5.74) is 1.91. The van der Waals surface area contributed by atoms with Gasteiger partial charge in [-0.3, -0.25) is 4.79 Å². The maximum absolute atomic E-state index is 11.8. The number of aryl methyl sites for hydroxylation is 1. The van der Waals surface area contributed by atoms with E-state index in [1.54, 1.807) is 6.07 Å². The van der Waals surface area contributed by atoms with Gasteiger partial charge in [0.1, 0.15) is 5.75 Å². The van der Waals surface area contributed by atoms with E-state index in [0.29, 0.717) is 6.42 Å². The van der Waals surface area contributed by atoms with Crippen molar-refractivity contribution in [1.82, 2.24) is 0 Å². The van der Waals surface area contributed by atoms with E-state index in [-0.39, 0.29) is 11.5 Å². The van der Waals surface area contributed by atoms with Crippen LogP contribution in [0.1, 0.15) is 22.3 Å². The molecule has 2 heteroatoms. The van der Waals surface area contributed by atoms with Crippen LogP contribution < -0.4 is 0 Å². The summed E-state index contributed by atoms with van der Waals surface area (Å²) >= 11 is 0. The monoisotopic (exact) mass is 248 g/mol. The molecule has 0 unspecified atom stereocenters. The van der Waals surface area contributed by atoms with Crippen LogP contribution >= 0.6 is 0 Å². The van der Waals surface area contributed by atoms with E-state index >= 15 is 0 Å². The molecule has 0 amide bonds. The van der Waals surface area contributed by atoms with Crippen molar-refractivity contribution in [1.29, 1.82) is 0 Å². The SMILES string of the molecule is O=C1CCc2c1ccc1c2cc(O)c2ccccc21. The third-order valence-electron chi connectivity index (χ3n) is 4.03. The van der Waals surface area contributed by atoms with Crippen LogP contribution in [0.4, 0.5) is 0 Å². The van der Waals surface area contributed by atoms with Crippen molar-refractivity contribution in [2.45, 2.75) is 12.8 Å². The Labute approximate surface area is 110 Å². The molecule has 19 heavy (non-hydrogen) atoms. The molecule has 0 heterocycles. The molecule has 0 radical (unpaired) electrons. The summed E-state index contributed by atoms with van der Waals surface area (Å²) in [5, 5.41) is 14.2. The minimum atomic E-state index is 0.213. The second-order valence-corrected chi connectivity index (χ2v) is 5.05. The largest absolute Gasteiger partial charge is 0.507 e. The Balaban J connectivity index is 2.24. The predicted molar refractivity (Wildman–Crippen MR) is 75.8 cm³/mol. The van der Waals surface area contributed by atoms with Crippen LogP contribution in [-0.4, -0.2) is 10.9 Å². The van der Waals surface area contributed by atoms with Crippen LogP contribution in [0.25, 0.3) is 21.5 Å². The number of rotatable bonds is 0. The van der Waals surface area contributed by atoms with Gasteiger partial charge in [-0.1, -0.05) is 36.4 Å². The van der Waals surface area contributed by atoms with Crippen LogP contribution in [-0.2, 0) is 6.42 Å². The Morgan fingerprint density at radius 1 is 0.842 bits per heavy atom. The van der Waals surface area contributed by atoms with Gasteiger partial charge >= 0.3 is 0 Å². The lowest BCUT2D eigenvalue weighted by atomic mass is 9.95. The molecule has 0 spiro atoms. The number of ketones is 1. The highest BCUT2D eigenvalue weighted by molar-refractivity contribution is 6.14. The molecule has 0 saturated heterocycles. The highest BCUT2D eigenvalue weighted by Gasteiger charge is 2.22. The van der Waals surface area contributed by atoms with Crippen LogP contribution in [0.3, 0.4) is 0 Å². The summed E-state index contributed by atoms with van der Waals surface area (Å²) in [6.07, 6.45) is 1.37. The average Bonchev–Trinajstić information content (AvgIpc) is 2.81. The topological polar surface area (TPSA) is 37.3 Å². The third-order valence-corrected chi connectivity index (χ3v) is 4.03. The predicted octanol–water partition coefficient (Wildman–Crippen LogP) is 3.83. The third kappa shape index (κ3) is 1.34. The number of benzene rings is 3. The fourth-order valence-corrected chi connectivity index (χ4v) is 3.12. The number of carbonyl (C=O) groups is 1. The van der Waals surface area contributed by atoms with Crippen molar-refractivity contribution in [3.8, 4) is 5.75 Å². The number of carbonyl (C=O) groups excluding carboxylic acids is 1. The molecule has 3 aromatic rings. The summed E-state index contributed by atoms with van der Waals surface area (Å²) in [5.74, 6) is 0.500. The van der Waals surface area contributed by atoms with E-state index in [4.69, 9.17) is 0 Å². The van der Waals surface area contributed by atoms with Gasteiger partial charge in [-0.2, -0.15) is 0 Å². The Morgan fingerprint density at radius 2 is 1.58 bits per heavy atom. The zero-order valence-corrected chi connectivity index (χ0v) is 10.3.